The quantitative estimate of drug-likeness (QED) is 0.0467. The van der Waals surface area contributed by atoms with E-state index in [0.29, 0.717) is 43.6 Å². The van der Waals surface area contributed by atoms with Gasteiger partial charge in [0, 0.05) is 37.3 Å². The highest BCUT2D eigenvalue weighted by Crippen LogP contribution is 2.62. The number of hydrogen-bond acceptors (Lipinski definition) is 10. The van der Waals surface area contributed by atoms with E-state index in [1.165, 1.54) is 17.2 Å². The first-order chi connectivity index (χ1) is 27.7. The number of rotatable bonds is 19. The van der Waals surface area contributed by atoms with E-state index in [9.17, 15) is 29.7 Å². The summed E-state index contributed by atoms with van der Waals surface area (Å²) in [4.78, 5) is 44.0. The van der Waals surface area contributed by atoms with Crippen molar-refractivity contribution in [2.75, 3.05) is 18.5 Å². The summed E-state index contributed by atoms with van der Waals surface area (Å²) in [6.07, 6.45) is 16.8. The van der Waals surface area contributed by atoms with Crippen molar-refractivity contribution >= 4 is 41.1 Å². The first-order valence-electron chi connectivity index (χ1n) is 20.8. The van der Waals surface area contributed by atoms with Crippen molar-refractivity contribution in [3.8, 4) is 0 Å². The molecule has 4 aliphatic rings. The van der Waals surface area contributed by atoms with Crippen LogP contribution in [0.2, 0.25) is 0 Å². The van der Waals surface area contributed by atoms with E-state index in [1.54, 1.807) is 0 Å². The van der Waals surface area contributed by atoms with Gasteiger partial charge in [-0.3, -0.25) is 0 Å². The minimum Gasteiger partial charge on any atom is -0.478 e. The van der Waals surface area contributed by atoms with Gasteiger partial charge in [-0.15, -0.1) is 0 Å². The van der Waals surface area contributed by atoms with Crippen LogP contribution >= 0.6 is 0 Å². The Morgan fingerprint density at radius 1 is 1.02 bits per heavy atom. The predicted octanol–water partition coefficient (Wildman–Crippen LogP) is 4.92. The Balaban J connectivity index is 1.29. The summed E-state index contributed by atoms with van der Waals surface area (Å²) in [6.45, 7) is -0.0890. The number of aromatic nitrogens is 1. The lowest BCUT2D eigenvalue weighted by molar-refractivity contribution is -0.131. The van der Waals surface area contributed by atoms with Gasteiger partial charge in [0.05, 0.1) is 24.7 Å². The number of hydrogen-bond donors (Lipinski definition) is 8. The van der Waals surface area contributed by atoms with Crippen LogP contribution in [0.3, 0.4) is 0 Å². The number of aliphatic hydroxyl groups is 2. The second-order valence-electron chi connectivity index (χ2n) is 16.8. The summed E-state index contributed by atoms with van der Waals surface area (Å²) in [5, 5.41) is 38.9. The zero-order valence-corrected chi connectivity index (χ0v) is 32.5. The molecule has 3 aliphatic carbocycles. The molecule has 0 spiro atoms. The highest BCUT2D eigenvalue weighted by atomic mass is 16.4. The van der Waals surface area contributed by atoms with Gasteiger partial charge in [-0.05, 0) is 138 Å². The molecular weight excluding hydrogens is 721 g/mol. The molecule has 2 aromatic carbocycles. The fraction of sp³-hybridized carbons (Fsp3) is 0.511. The van der Waals surface area contributed by atoms with Gasteiger partial charge in [-0.2, -0.15) is 0 Å². The minimum absolute atomic E-state index is 0.00952. The van der Waals surface area contributed by atoms with Crippen molar-refractivity contribution in [2.45, 2.75) is 100 Å². The number of aldehydes is 2. The number of carboxylic acid groups (broad SMARTS) is 1. The Bertz CT molecular complexity index is 1980. The third-order valence-corrected chi connectivity index (χ3v) is 13.3. The van der Waals surface area contributed by atoms with E-state index in [1.807, 2.05) is 24.4 Å². The molecule has 2 heterocycles. The topological polar surface area (TPSA) is 216 Å². The van der Waals surface area contributed by atoms with Gasteiger partial charge in [0.2, 0.25) is 0 Å². The van der Waals surface area contributed by atoms with Gasteiger partial charge >= 0.3 is 5.97 Å². The average molecular weight is 779 g/mol. The Hall–Kier alpha value is -4.78. The molecule has 0 saturated heterocycles. The summed E-state index contributed by atoms with van der Waals surface area (Å²) >= 11 is 0. The van der Waals surface area contributed by atoms with E-state index in [-0.39, 0.29) is 66.8 Å². The molecule has 0 radical (unpaired) electrons. The van der Waals surface area contributed by atoms with E-state index < -0.39 is 18.1 Å². The maximum atomic E-state index is 12.7. The largest absolute Gasteiger partial charge is 0.478 e. The van der Waals surface area contributed by atoms with Crippen molar-refractivity contribution in [1.29, 1.82) is 0 Å². The summed E-state index contributed by atoms with van der Waals surface area (Å²) in [6, 6.07) is 13.5. The summed E-state index contributed by atoms with van der Waals surface area (Å²) in [5.74, 6) is 0.747. The number of nitrogens with two attached hydrogens (primary N) is 2. The Labute approximate surface area is 334 Å². The number of carbonyl (C=O) groups excluding carboxylic acids is 2. The standard InChI is InChI=1S/C45H58N6O6/c46-31(10-6-27(24-54)3-2-17-52)11-8-28-9-12-34-33-13-14-35(43(34)42(28)37-21-30-19-26(15-18-53)5-7-29(30)20-36(33)37)44(51-40-4-1-16-48-40)38(23-41(56)57)39-22-32(25-55)49-45(47)50-39/h1,4-5,7,9,12,16,18-21,23-24,27-28,31-35,39,42-44,48,51-52,55H,2-3,6,8,10-11,13-15,17,22,25,46H2,(H,56,57)(H3,47,49,50). The summed E-state index contributed by atoms with van der Waals surface area (Å²) < 4.78 is 0. The molecule has 1 saturated carbocycles. The number of carboxylic acids is 1. The number of carbonyl (C=O) groups is 3. The Morgan fingerprint density at radius 3 is 2.60 bits per heavy atom. The first kappa shape index (κ1) is 40.4. The van der Waals surface area contributed by atoms with Crippen molar-refractivity contribution in [3.63, 3.8) is 0 Å². The zero-order chi connectivity index (χ0) is 40.1. The minimum atomic E-state index is -1.06. The molecule has 1 fully saturated rings. The molecule has 3 aromatic rings. The number of fused-ring (bicyclic) bond motifs is 4. The van der Waals surface area contributed by atoms with E-state index >= 15 is 0 Å². The SMILES string of the molecule is NC1=NC(C(=CC(=O)O)C(Nc2ccc[nH]2)C2CCC3c4cc5ccc(CC=O)cc5cc4C4C(CCC(N)CCC(C=O)CCCO)C=CC3C24)CC(CO)N1. The monoisotopic (exact) mass is 778 g/mol. The molecule has 1 aliphatic heterocycles. The third kappa shape index (κ3) is 8.88. The van der Waals surface area contributed by atoms with Crippen molar-refractivity contribution in [1.82, 2.24) is 10.3 Å². The number of allylic oxidation sites excluding steroid dienone is 2. The number of nitrogens with zero attached hydrogens (tertiary/aromatic N) is 1. The normalized spacial score (nSPS) is 28.1. The fourth-order valence-electron chi connectivity index (χ4n) is 10.7. The van der Waals surface area contributed by atoms with Gasteiger partial charge in [0.25, 0.3) is 0 Å². The third-order valence-electron chi connectivity index (χ3n) is 13.3. The zero-order valence-electron chi connectivity index (χ0n) is 32.5. The van der Waals surface area contributed by atoms with E-state index in [2.05, 4.69) is 52.0 Å². The molecule has 7 rings (SSSR count). The second kappa shape index (κ2) is 18.2. The molecule has 1 aromatic heterocycles. The lowest BCUT2D eigenvalue weighted by atomic mass is 9.48. The number of guanidine groups is 1. The maximum Gasteiger partial charge on any atom is 0.328 e. The fourth-order valence-corrected chi connectivity index (χ4v) is 10.7. The lowest BCUT2D eigenvalue weighted by Gasteiger charge is -2.57. The molecule has 12 nitrogen and oxygen atoms in total. The van der Waals surface area contributed by atoms with Crippen LogP contribution in [0, 0.1) is 29.6 Å². The number of aliphatic imine (C=N–C) groups is 1. The van der Waals surface area contributed by atoms with Crippen LogP contribution in [0.15, 0.2) is 77.5 Å². The second-order valence-corrected chi connectivity index (χ2v) is 16.8. The number of H-pyrrole nitrogens is 1. The maximum absolute atomic E-state index is 12.7. The molecule has 10 N–H and O–H groups in total. The van der Waals surface area contributed by atoms with Crippen molar-refractivity contribution in [2.24, 2.45) is 46.0 Å². The lowest BCUT2D eigenvalue weighted by Crippen LogP contribution is -2.53. The first-order valence-corrected chi connectivity index (χ1v) is 20.8. The van der Waals surface area contributed by atoms with Gasteiger partial charge in [-0.1, -0.05) is 42.5 Å². The molecule has 304 valence electrons. The molecule has 11 atom stereocenters. The molecule has 0 amide bonds. The molecular formula is C45H58N6O6. The number of nitrogens with one attached hydrogen (secondary N) is 3. The number of aliphatic carboxylic acids is 1. The average Bonchev–Trinajstić information content (AvgIpc) is 3.73. The van der Waals surface area contributed by atoms with Gasteiger partial charge in [0.1, 0.15) is 18.4 Å². The van der Waals surface area contributed by atoms with Crippen LogP contribution < -0.4 is 22.1 Å². The van der Waals surface area contributed by atoms with Crippen LogP contribution in [-0.4, -0.2) is 82.2 Å². The number of anilines is 1. The summed E-state index contributed by atoms with van der Waals surface area (Å²) in [7, 11) is 0. The molecule has 4 bridgehead atoms. The van der Waals surface area contributed by atoms with E-state index in [4.69, 9.17) is 16.5 Å². The highest BCUT2D eigenvalue weighted by Gasteiger charge is 2.54. The van der Waals surface area contributed by atoms with Crippen LogP contribution in [0.1, 0.15) is 86.3 Å². The predicted molar refractivity (Wildman–Crippen MR) is 222 cm³/mol. The smallest absolute Gasteiger partial charge is 0.328 e. The van der Waals surface area contributed by atoms with E-state index in [0.717, 1.165) is 66.8 Å². The van der Waals surface area contributed by atoms with Crippen LogP contribution in [0.4, 0.5) is 5.82 Å². The van der Waals surface area contributed by atoms with Crippen LogP contribution in [0.5, 0.6) is 0 Å². The highest BCUT2D eigenvalue weighted by molar-refractivity contribution is 5.86. The van der Waals surface area contributed by atoms with Gasteiger partial charge in [-0.25, -0.2) is 9.79 Å². The van der Waals surface area contributed by atoms with Gasteiger partial charge in [0.15, 0.2) is 5.96 Å². The molecule has 12 heteroatoms. The number of aromatic amines is 1. The van der Waals surface area contributed by atoms with Crippen molar-refractivity contribution < 1.29 is 29.7 Å². The van der Waals surface area contributed by atoms with Crippen molar-refractivity contribution in [3.05, 3.63) is 89.2 Å². The number of aliphatic hydroxyl groups excluding tert-OH is 2. The molecule has 11 unspecified atom stereocenters. The number of benzene rings is 2. The Morgan fingerprint density at radius 2 is 1.86 bits per heavy atom. The van der Waals surface area contributed by atoms with Crippen LogP contribution in [-0.2, 0) is 20.8 Å². The van der Waals surface area contributed by atoms with Gasteiger partial charge < -0.3 is 52.0 Å². The molecule has 57 heavy (non-hydrogen) atoms. The Kier molecular flexibility index (Phi) is 12.9. The summed E-state index contributed by atoms with van der Waals surface area (Å²) in [5.41, 5.74) is 17.4. The van der Waals surface area contributed by atoms with Crippen LogP contribution in [0.25, 0.3) is 10.8 Å².